The molecule has 0 atom stereocenters. The third-order valence-corrected chi connectivity index (χ3v) is 4.22. The number of thioether (sulfide) groups is 1. The van der Waals surface area contributed by atoms with E-state index in [9.17, 15) is 24.5 Å². The number of nitro benzene ring substituents is 1. The predicted octanol–water partition coefficient (Wildman–Crippen LogP) is 3.28. The highest BCUT2D eigenvalue weighted by molar-refractivity contribution is 8.18. The molecule has 2 amide bonds. The van der Waals surface area contributed by atoms with Crippen LogP contribution in [0.1, 0.15) is 31.9 Å². The number of ether oxygens (including phenoxy) is 1. The lowest BCUT2D eigenvalue weighted by Gasteiger charge is -2.21. The van der Waals surface area contributed by atoms with E-state index >= 15 is 0 Å². The van der Waals surface area contributed by atoms with Gasteiger partial charge < -0.3 is 4.74 Å². The van der Waals surface area contributed by atoms with Crippen LogP contribution in [-0.2, 0) is 14.3 Å². The maximum absolute atomic E-state index is 12.4. The van der Waals surface area contributed by atoms with Gasteiger partial charge in [-0.2, -0.15) is 0 Å². The summed E-state index contributed by atoms with van der Waals surface area (Å²) in [6, 6.07) is 4.51. The van der Waals surface area contributed by atoms with E-state index < -0.39 is 34.2 Å². The number of esters is 1. The summed E-state index contributed by atoms with van der Waals surface area (Å²) >= 11 is 0.676. The molecule has 0 N–H and O–H groups in total. The van der Waals surface area contributed by atoms with Crippen molar-refractivity contribution < 1.29 is 24.0 Å². The Morgan fingerprint density at radius 2 is 2.00 bits per heavy atom. The monoisotopic (exact) mass is 378 g/mol. The highest BCUT2D eigenvalue weighted by Gasteiger charge is 2.37. The number of aryl methyl sites for hydroxylation is 1. The summed E-state index contributed by atoms with van der Waals surface area (Å²) < 4.78 is 5.12. The van der Waals surface area contributed by atoms with Gasteiger partial charge in [0.2, 0.25) is 0 Å². The molecule has 9 heteroatoms. The van der Waals surface area contributed by atoms with E-state index in [1.807, 2.05) is 0 Å². The summed E-state index contributed by atoms with van der Waals surface area (Å²) in [6.07, 6.45) is 1.40. The third kappa shape index (κ3) is 4.69. The maximum atomic E-state index is 12.4. The van der Waals surface area contributed by atoms with Gasteiger partial charge in [0, 0.05) is 11.6 Å². The minimum atomic E-state index is -0.727. The van der Waals surface area contributed by atoms with Gasteiger partial charge in [-0.05, 0) is 51.1 Å². The van der Waals surface area contributed by atoms with E-state index in [0.29, 0.717) is 22.9 Å². The van der Waals surface area contributed by atoms with Gasteiger partial charge in [0.05, 0.1) is 9.83 Å². The number of carbonyl (C=O) groups is 3. The number of carbonyl (C=O) groups excluding carboxylic acids is 3. The largest absolute Gasteiger partial charge is 0.459 e. The SMILES string of the molecule is Cc1ccc(C=C2SC(=O)N(CC(=O)OC(C)(C)C)C2=O)cc1[N+](=O)[O-]. The minimum Gasteiger partial charge on any atom is -0.459 e. The van der Waals surface area contributed by atoms with Crippen molar-refractivity contribution in [3.63, 3.8) is 0 Å². The Morgan fingerprint density at radius 3 is 2.58 bits per heavy atom. The zero-order valence-corrected chi connectivity index (χ0v) is 15.6. The number of nitrogens with zero attached hydrogens (tertiary/aromatic N) is 2. The number of hydrogen-bond donors (Lipinski definition) is 0. The Labute approximate surface area is 154 Å². The van der Waals surface area contributed by atoms with E-state index in [1.54, 1.807) is 39.8 Å². The molecule has 0 unspecified atom stereocenters. The van der Waals surface area contributed by atoms with Crippen molar-refractivity contribution >= 4 is 40.6 Å². The summed E-state index contributed by atoms with van der Waals surface area (Å²) in [5, 5.41) is 10.4. The Bertz CT molecular complexity index is 825. The molecule has 1 fully saturated rings. The Hall–Kier alpha value is -2.68. The lowest BCUT2D eigenvalue weighted by atomic mass is 10.1. The first kappa shape index (κ1) is 19.6. The van der Waals surface area contributed by atoms with Gasteiger partial charge in [-0.15, -0.1) is 0 Å². The fourth-order valence-electron chi connectivity index (χ4n) is 2.20. The van der Waals surface area contributed by atoms with Crippen molar-refractivity contribution in [1.29, 1.82) is 0 Å². The first-order valence-electron chi connectivity index (χ1n) is 7.70. The van der Waals surface area contributed by atoms with E-state index in [4.69, 9.17) is 4.74 Å². The maximum Gasteiger partial charge on any atom is 0.326 e. The first-order chi connectivity index (χ1) is 12.0. The van der Waals surface area contributed by atoms with Crippen LogP contribution in [0.4, 0.5) is 10.5 Å². The van der Waals surface area contributed by atoms with E-state index in [-0.39, 0.29) is 10.6 Å². The second-order valence-corrected chi connectivity index (χ2v) is 7.65. The molecule has 0 saturated carbocycles. The summed E-state index contributed by atoms with van der Waals surface area (Å²) in [7, 11) is 0. The molecule has 1 aromatic carbocycles. The molecule has 8 nitrogen and oxygen atoms in total. The molecular formula is C17H18N2O6S. The van der Waals surface area contributed by atoms with Crippen LogP contribution in [0.5, 0.6) is 0 Å². The molecule has 1 aromatic rings. The molecule has 2 rings (SSSR count). The quantitative estimate of drug-likeness (QED) is 0.342. The van der Waals surface area contributed by atoms with Gasteiger partial charge in [0.15, 0.2) is 0 Å². The molecule has 0 radical (unpaired) electrons. The summed E-state index contributed by atoms with van der Waals surface area (Å²) in [6.45, 7) is 6.18. The standard InChI is InChI=1S/C17H18N2O6S/c1-10-5-6-11(7-12(10)19(23)24)8-13-15(21)18(16(22)26-13)9-14(20)25-17(2,3)4/h5-8H,9H2,1-4H3. The van der Waals surface area contributed by atoms with Crippen LogP contribution < -0.4 is 0 Å². The Balaban J connectivity index is 2.20. The molecule has 0 spiro atoms. The second-order valence-electron chi connectivity index (χ2n) is 6.66. The molecule has 0 bridgehead atoms. The fraction of sp³-hybridized carbons (Fsp3) is 0.353. The number of rotatable bonds is 4. The minimum absolute atomic E-state index is 0.0771. The second kappa shape index (κ2) is 7.28. The van der Waals surface area contributed by atoms with Crippen molar-refractivity contribution in [1.82, 2.24) is 4.90 Å². The van der Waals surface area contributed by atoms with Crippen LogP contribution in [0.3, 0.4) is 0 Å². The van der Waals surface area contributed by atoms with Gasteiger partial charge in [0.1, 0.15) is 12.1 Å². The molecule has 138 valence electrons. The van der Waals surface area contributed by atoms with Gasteiger partial charge in [0.25, 0.3) is 16.8 Å². The molecule has 1 heterocycles. The highest BCUT2D eigenvalue weighted by Crippen LogP contribution is 2.33. The van der Waals surface area contributed by atoms with Gasteiger partial charge in [-0.1, -0.05) is 12.1 Å². The van der Waals surface area contributed by atoms with Crippen LogP contribution in [0.15, 0.2) is 23.1 Å². The Kier molecular flexibility index (Phi) is 5.50. The normalized spacial score (nSPS) is 16.3. The topological polar surface area (TPSA) is 107 Å². The zero-order chi connectivity index (χ0) is 19.6. The zero-order valence-electron chi connectivity index (χ0n) is 14.8. The number of benzene rings is 1. The van der Waals surface area contributed by atoms with Gasteiger partial charge in [-0.3, -0.25) is 29.4 Å². The van der Waals surface area contributed by atoms with Crippen molar-refractivity contribution in [2.45, 2.75) is 33.3 Å². The number of imide groups is 1. The first-order valence-corrected chi connectivity index (χ1v) is 8.52. The van der Waals surface area contributed by atoms with Crippen molar-refractivity contribution in [2.24, 2.45) is 0 Å². The molecule has 26 heavy (non-hydrogen) atoms. The summed E-state index contributed by atoms with van der Waals surface area (Å²) in [5.41, 5.74) is 0.109. The third-order valence-electron chi connectivity index (χ3n) is 3.31. The van der Waals surface area contributed by atoms with E-state index in [2.05, 4.69) is 0 Å². The van der Waals surface area contributed by atoms with Crippen LogP contribution in [0, 0.1) is 17.0 Å². The number of hydrogen-bond acceptors (Lipinski definition) is 7. The molecular weight excluding hydrogens is 360 g/mol. The average Bonchev–Trinajstić information content (AvgIpc) is 2.74. The van der Waals surface area contributed by atoms with Crippen molar-refractivity contribution in [2.75, 3.05) is 6.54 Å². The molecule has 0 aliphatic carbocycles. The lowest BCUT2D eigenvalue weighted by molar-refractivity contribution is -0.385. The van der Waals surface area contributed by atoms with Crippen LogP contribution in [-0.4, -0.2) is 39.1 Å². The summed E-state index contributed by atoms with van der Waals surface area (Å²) in [5.74, 6) is -1.32. The fourth-order valence-corrected chi connectivity index (χ4v) is 3.04. The number of nitro groups is 1. The molecule has 0 aromatic heterocycles. The molecule has 1 saturated heterocycles. The smallest absolute Gasteiger partial charge is 0.326 e. The summed E-state index contributed by atoms with van der Waals surface area (Å²) in [4.78, 5) is 47.7. The average molecular weight is 378 g/mol. The van der Waals surface area contributed by atoms with Crippen molar-refractivity contribution in [3.05, 3.63) is 44.3 Å². The predicted molar refractivity (Wildman–Crippen MR) is 96.4 cm³/mol. The van der Waals surface area contributed by atoms with E-state index in [0.717, 1.165) is 4.90 Å². The van der Waals surface area contributed by atoms with Crippen LogP contribution in [0.25, 0.3) is 6.08 Å². The van der Waals surface area contributed by atoms with Crippen molar-refractivity contribution in [3.8, 4) is 0 Å². The highest BCUT2D eigenvalue weighted by atomic mass is 32.2. The lowest BCUT2D eigenvalue weighted by Crippen LogP contribution is -2.37. The molecule has 1 aliphatic heterocycles. The molecule has 1 aliphatic rings. The van der Waals surface area contributed by atoms with Crippen LogP contribution in [0.2, 0.25) is 0 Å². The van der Waals surface area contributed by atoms with Gasteiger partial charge in [-0.25, -0.2) is 0 Å². The van der Waals surface area contributed by atoms with E-state index in [1.165, 1.54) is 12.1 Å². The van der Waals surface area contributed by atoms with Gasteiger partial charge >= 0.3 is 5.97 Å². The Morgan fingerprint density at radius 1 is 1.35 bits per heavy atom. The van der Waals surface area contributed by atoms with Crippen LogP contribution >= 0.6 is 11.8 Å². The number of amides is 2.